The third-order valence-electron chi connectivity index (χ3n) is 2.05. The second kappa shape index (κ2) is 6.37. The fourth-order valence-electron chi connectivity index (χ4n) is 1.26. The maximum absolute atomic E-state index is 10.2. The summed E-state index contributed by atoms with van der Waals surface area (Å²) >= 11 is 0. The number of aliphatic carboxylic acids is 1. The molecule has 0 aromatic heterocycles. The van der Waals surface area contributed by atoms with Crippen molar-refractivity contribution < 1.29 is 19.4 Å². The van der Waals surface area contributed by atoms with Gasteiger partial charge < -0.3 is 14.6 Å². The van der Waals surface area contributed by atoms with Gasteiger partial charge in [-0.2, -0.15) is 0 Å². The van der Waals surface area contributed by atoms with E-state index in [1.165, 1.54) is 6.08 Å². The van der Waals surface area contributed by atoms with E-state index in [4.69, 9.17) is 14.6 Å². The molecule has 0 radical (unpaired) electrons. The molecule has 1 aromatic carbocycles. The number of rotatable bonds is 5. The zero-order chi connectivity index (χ0) is 12.7. The van der Waals surface area contributed by atoms with E-state index in [1.807, 2.05) is 12.1 Å². The summed E-state index contributed by atoms with van der Waals surface area (Å²) < 4.78 is 10.3. The van der Waals surface area contributed by atoms with Crippen molar-refractivity contribution in [1.29, 1.82) is 0 Å². The highest BCUT2D eigenvalue weighted by Crippen LogP contribution is 2.27. The Kier molecular flexibility index (Phi) is 4.81. The van der Waals surface area contributed by atoms with Crippen molar-refractivity contribution in [2.75, 3.05) is 14.2 Å². The number of carboxylic acids is 1. The highest BCUT2D eigenvalue weighted by molar-refractivity contribution is 5.80. The quantitative estimate of drug-likeness (QED) is 0.627. The first kappa shape index (κ1) is 12.8. The molecular formula is C13H14O4. The summed E-state index contributed by atoms with van der Waals surface area (Å²) in [4.78, 5) is 10.2. The fraction of sp³-hybridized carbons (Fsp3) is 0.154. The minimum atomic E-state index is -0.970. The predicted molar refractivity (Wildman–Crippen MR) is 65.4 cm³/mol. The molecule has 0 unspecified atom stereocenters. The third-order valence-corrected chi connectivity index (χ3v) is 2.05. The van der Waals surface area contributed by atoms with Gasteiger partial charge in [0.15, 0.2) is 11.5 Å². The molecule has 0 saturated heterocycles. The molecule has 4 heteroatoms. The number of methoxy groups -OCH3 is 2. The normalized spacial score (nSPS) is 10.9. The Labute approximate surface area is 99.8 Å². The molecular weight excluding hydrogens is 220 g/mol. The topological polar surface area (TPSA) is 55.8 Å². The van der Waals surface area contributed by atoms with Crippen LogP contribution < -0.4 is 9.47 Å². The lowest BCUT2D eigenvalue weighted by atomic mass is 10.2. The van der Waals surface area contributed by atoms with Crippen LogP contribution in [0.3, 0.4) is 0 Å². The number of carbonyl (C=O) groups is 1. The molecule has 1 rings (SSSR count). The zero-order valence-electron chi connectivity index (χ0n) is 9.71. The van der Waals surface area contributed by atoms with Gasteiger partial charge in [-0.25, -0.2) is 4.79 Å². The summed E-state index contributed by atoms with van der Waals surface area (Å²) in [5.74, 6) is 0.324. The third kappa shape index (κ3) is 4.03. The van der Waals surface area contributed by atoms with E-state index in [2.05, 4.69) is 0 Å². The molecule has 0 bridgehead atoms. The zero-order valence-corrected chi connectivity index (χ0v) is 9.71. The second-order valence-electron chi connectivity index (χ2n) is 3.17. The number of hydrogen-bond acceptors (Lipinski definition) is 3. The summed E-state index contributed by atoms with van der Waals surface area (Å²) in [6.07, 6.45) is 5.95. The van der Waals surface area contributed by atoms with E-state index < -0.39 is 5.97 Å². The van der Waals surface area contributed by atoms with E-state index in [-0.39, 0.29) is 0 Å². The lowest BCUT2D eigenvalue weighted by Gasteiger charge is -2.07. The fourth-order valence-corrected chi connectivity index (χ4v) is 1.26. The summed E-state index contributed by atoms with van der Waals surface area (Å²) in [5.41, 5.74) is 0.901. The van der Waals surface area contributed by atoms with Gasteiger partial charge in [-0.15, -0.1) is 0 Å². The number of allylic oxidation sites excluding steroid dienone is 2. The van der Waals surface area contributed by atoms with Crippen molar-refractivity contribution in [2.24, 2.45) is 0 Å². The first-order chi connectivity index (χ1) is 8.17. The molecule has 0 amide bonds. The Balaban J connectivity index is 2.82. The van der Waals surface area contributed by atoms with Crippen LogP contribution in [0.15, 0.2) is 36.4 Å². The molecule has 1 aromatic rings. The Morgan fingerprint density at radius 3 is 2.47 bits per heavy atom. The lowest BCUT2D eigenvalue weighted by Crippen LogP contribution is -1.90. The maximum Gasteiger partial charge on any atom is 0.328 e. The first-order valence-corrected chi connectivity index (χ1v) is 4.97. The molecule has 0 heterocycles. The number of hydrogen-bond donors (Lipinski definition) is 1. The molecule has 0 aliphatic heterocycles. The van der Waals surface area contributed by atoms with E-state index in [0.29, 0.717) is 11.5 Å². The molecule has 0 saturated carbocycles. The van der Waals surface area contributed by atoms with Crippen LogP contribution in [0.2, 0.25) is 0 Å². The molecule has 1 N–H and O–H groups in total. The van der Waals surface area contributed by atoms with Gasteiger partial charge in [0.1, 0.15) is 0 Å². The van der Waals surface area contributed by atoms with Crippen molar-refractivity contribution >= 4 is 12.0 Å². The average Bonchev–Trinajstić information content (AvgIpc) is 2.34. The average molecular weight is 234 g/mol. The first-order valence-electron chi connectivity index (χ1n) is 4.97. The van der Waals surface area contributed by atoms with Crippen LogP contribution in [0, 0.1) is 0 Å². The van der Waals surface area contributed by atoms with E-state index in [9.17, 15) is 4.79 Å². The van der Waals surface area contributed by atoms with Gasteiger partial charge in [-0.1, -0.05) is 24.3 Å². The molecule has 0 fully saturated rings. The summed E-state index contributed by atoms with van der Waals surface area (Å²) in [5, 5.41) is 8.40. The van der Waals surface area contributed by atoms with Gasteiger partial charge in [0.2, 0.25) is 0 Å². The molecule has 4 nitrogen and oxygen atoms in total. The Bertz CT molecular complexity index is 447. The molecule has 0 aliphatic carbocycles. The van der Waals surface area contributed by atoms with Crippen molar-refractivity contribution in [3.63, 3.8) is 0 Å². The highest BCUT2D eigenvalue weighted by atomic mass is 16.5. The Morgan fingerprint density at radius 1 is 1.18 bits per heavy atom. The van der Waals surface area contributed by atoms with Gasteiger partial charge in [0.25, 0.3) is 0 Å². The van der Waals surface area contributed by atoms with Crippen LogP contribution in [-0.4, -0.2) is 25.3 Å². The maximum atomic E-state index is 10.2. The van der Waals surface area contributed by atoms with E-state index in [1.54, 1.807) is 32.4 Å². The van der Waals surface area contributed by atoms with Crippen molar-refractivity contribution in [2.45, 2.75) is 0 Å². The SMILES string of the molecule is COc1ccc(/C=C/C=C/C(=O)O)cc1OC. The van der Waals surface area contributed by atoms with Crippen LogP contribution in [0.5, 0.6) is 11.5 Å². The predicted octanol–water partition coefficient (Wildman–Crippen LogP) is 2.36. The molecule has 0 atom stereocenters. The van der Waals surface area contributed by atoms with Crippen LogP contribution >= 0.6 is 0 Å². The second-order valence-corrected chi connectivity index (χ2v) is 3.17. The van der Waals surface area contributed by atoms with Crippen LogP contribution in [0.1, 0.15) is 5.56 Å². The smallest absolute Gasteiger partial charge is 0.328 e. The Hall–Kier alpha value is -2.23. The number of carboxylic acid groups (broad SMARTS) is 1. The van der Waals surface area contributed by atoms with Crippen LogP contribution in [0.4, 0.5) is 0 Å². The standard InChI is InChI=1S/C13H14O4/c1-16-11-8-7-10(9-12(11)17-2)5-3-4-6-13(14)15/h3-9H,1-2H3,(H,14,15)/b5-3+,6-4+. The van der Waals surface area contributed by atoms with Crippen molar-refractivity contribution in [1.82, 2.24) is 0 Å². The summed E-state index contributed by atoms with van der Waals surface area (Å²) in [7, 11) is 3.14. The van der Waals surface area contributed by atoms with Gasteiger partial charge in [0, 0.05) is 6.08 Å². The monoisotopic (exact) mass is 234 g/mol. The largest absolute Gasteiger partial charge is 0.493 e. The molecule has 17 heavy (non-hydrogen) atoms. The number of benzene rings is 1. The van der Waals surface area contributed by atoms with Gasteiger partial charge in [-0.3, -0.25) is 0 Å². The van der Waals surface area contributed by atoms with Gasteiger partial charge in [-0.05, 0) is 17.7 Å². The molecule has 90 valence electrons. The molecule has 0 spiro atoms. The van der Waals surface area contributed by atoms with Gasteiger partial charge >= 0.3 is 5.97 Å². The van der Waals surface area contributed by atoms with E-state index in [0.717, 1.165) is 11.6 Å². The van der Waals surface area contributed by atoms with Crippen LogP contribution in [-0.2, 0) is 4.79 Å². The van der Waals surface area contributed by atoms with Gasteiger partial charge in [0.05, 0.1) is 14.2 Å². The highest BCUT2D eigenvalue weighted by Gasteiger charge is 2.01. The van der Waals surface area contributed by atoms with Crippen molar-refractivity contribution in [3.05, 3.63) is 42.0 Å². The van der Waals surface area contributed by atoms with Crippen LogP contribution in [0.25, 0.3) is 6.08 Å². The summed E-state index contributed by atoms with van der Waals surface area (Å²) in [6.45, 7) is 0. The number of ether oxygens (including phenoxy) is 2. The summed E-state index contributed by atoms with van der Waals surface area (Å²) in [6, 6.07) is 5.45. The van der Waals surface area contributed by atoms with Crippen molar-refractivity contribution in [3.8, 4) is 11.5 Å². The minimum absolute atomic E-state index is 0.636. The minimum Gasteiger partial charge on any atom is -0.493 e. The van der Waals surface area contributed by atoms with E-state index >= 15 is 0 Å². The molecule has 0 aliphatic rings. The Morgan fingerprint density at radius 2 is 1.88 bits per heavy atom. The lowest BCUT2D eigenvalue weighted by molar-refractivity contribution is -0.131.